The van der Waals surface area contributed by atoms with Gasteiger partial charge in [0.2, 0.25) is 0 Å². The van der Waals surface area contributed by atoms with Crippen LogP contribution in [0.4, 0.5) is 5.82 Å². The smallest absolute Gasteiger partial charge is 0.254 e. The summed E-state index contributed by atoms with van der Waals surface area (Å²) in [5.74, 6) is 0.200. The molecule has 78 valence electrons. The van der Waals surface area contributed by atoms with Crippen molar-refractivity contribution in [1.29, 1.82) is 0 Å². The number of hydrogen-bond donors (Lipinski definition) is 1. The number of anilines is 1. The third kappa shape index (κ3) is 2.83. The second-order valence-corrected chi connectivity index (χ2v) is 5.01. The molecule has 1 aromatic rings. The van der Waals surface area contributed by atoms with E-state index in [9.17, 15) is 8.42 Å². The molecule has 0 spiro atoms. The van der Waals surface area contributed by atoms with Crippen LogP contribution in [-0.2, 0) is 10.2 Å². The summed E-state index contributed by atoms with van der Waals surface area (Å²) >= 11 is 5.59. The molecule has 0 aromatic carbocycles. The predicted molar refractivity (Wildman–Crippen MR) is 55.5 cm³/mol. The molecule has 14 heavy (non-hydrogen) atoms. The highest BCUT2D eigenvalue weighted by atomic mass is 35.5. The maximum absolute atomic E-state index is 11.3. The minimum absolute atomic E-state index is 0.200. The van der Waals surface area contributed by atoms with Crippen molar-refractivity contribution in [3.05, 3.63) is 23.4 Å². The molecule has 0 bridgehead atoms. The first-order valence-corrected chi connectivity index (χ1v) is 5.56. The largest absolute Gasteiger partial charge is 0.302 e. The van der Waals surface area contributed by atoms with Crippen LogP contribution in [0.3, 0.4) is 0 Å². The van der Waals surface area contributed by atoms with Gasteiger partial charge in [-0.2, -0.15) is 12.7 Å². The Morgan fingerprint density at radius 3 is 2.57 bits per heavy atom. The van der Waals surface area contributed by atoms with E-state index in [1.54, 1.807) is 12.1 Å². The van der Waals surface area contributed by atoms with Gasteiger partial charge in [0.15, 0.2) is 0 Å². The van der Waals surface area contributed by atoms with Gasteiger partial charge in [0, 0.05) is 14.1 Å². The molecule has 1 heterocycles. The topological polar surface area (TPSA) is 62.3 Å². The fraction of sp³-hybridized carbons (Fsp3) is 0.286. The number of nitrogens with one attached hydrogen (secondary N) is 1. The van der Waals surface area contributed by atoms with Gasteiger partial charge in [-0.15, -0.1) is 0 Å². The van der Waals surface area contributed by atoms with Crippen LogP contribution in [0.1, 0.15) is 0 Å². The number of halogens is 1. The number of pyridine rings is 1. The second kappa shape index (κ2) is 4.12. The van der Waals surface area contributed by atoms with Gasteiger partial charge in [0.25, 0.3) is 0 Å². The SMILES string of the molecule is CN(C)S(=O)(=O)Nc1cccc(Cl)n1. The summed E-state index contributed by atoms with van der Waals surface area (Å²) in [4.78, 5) is 3.79. The Labute approximate surface area is 87.9 Å². The molecule has 0 saturated carbocycles. The van der Waals surface area contributed by atoms with Gasteiger partial charge in [0.05, 0.1) is 0 Å². The summed E-state index contributed by atoms with van der Waals surface area (Å²) in [6, 6.07) is 4.70. The zero-order valence-electron chi connectivity index (χ0n) is 7.73. The second-order valence-electron chi connectivity index (χ2n) is 2.74. The normalized spacial score (nSPS) is 11.7. The molecular weight excluding hydrogens is 226 g/mol. The van der Waals surface area contributed by atoms with E-state index in [2.05, 4.69) is 9.71 Å². The lowest BCUT2D eigenvalue weighted by atomic mass is 10.5. The Hall–Kier alpha value is -0.850. The van der Waals surface area contributed by atoms with Crippen LogP contribution in [0, 0.1) is 0 Å². The first kappa shape index (κ1) is 11.2. The Bertz CT molecular complexity index is 419. The number of hydrogen-bond acceptors (Lipinski definition) is 3. The molecular formula is C7H10ClN3O2S. The zero-order valence-corrected chi connectivity index (χ0v) is 9.30. The fourth-order valence-electron chi connectivity index (χ4n) is 0.689. The van der Waals surface area contributed by atoms with Crippen LogP contribution in [0.15, 0.2) is 18.2 Å². The Morgan fingerprint density at radius 1 is 1.43 bits per heavy atom. The van der Waals surface area contributed by atoms with Crippen molar-refractivity contribution < 1.29 is 8.42 Å². The zero-order chi connectivity index (χ0) is 10.8. The molecule has 0 aliphatic heterocycles. The number of aromatic nitrogens is 1. The van der Waals surface area contributed by atoms with Crippen molar-refractivity contribution >= 4 is 27.6 Å². The molecule has 0 amide bonds. The Balaban J connectivity index is 2.90. The molecule has 0 aliphatic carbocycles. The molecule has 0 aliphatic rings. The lowest BCUT2D eigenvalue weighted by Crippen LogP contribution is -2.29. The summed E-state index contributed by atoms with van der Waals surface area (Å²) < 4.78 is 26.0. The van der Waals surface area contributed by atoms with E-state index >= 15 is 0 Å². The molecule has 0 atom stereocenters. The molecule has 1 aromatic heterocycles. The molecule has 5 nitrogen and oxygen atoms in total. The first-order chi connectivity index (χ1) is 6.42. The summed E-state index contributed by atoms with van der Waals surface area (Å²) in [5.41, 5.74) is 0. The monoisotopic (exact) mass is 235 g/mol. The average Bonchev–Trinajstić information content (AvgIpc) is 2.02. The van der Waals surface area contributed by atoms with Crippen LogP contribution < -0.4 is 4.72 Å². The third-order valence-electron chi connectivity index (χ3n) is 1.43. The van der Waals surface area contributed by atoms with Crippen molar-refractivity contribution in [2.24, 2.45) is 0 Å². The average molecular weight is 236 g/mol. The van der Waals surface area contributed by atoms with Crippen molar-refractivity contribution in [3.63, 3.8) is 0 Å². The van der Waals surface area contributed by atoms with Gasteiger partial charge in [0.1, 0.15) is 11.0 Å². The van der Waals surface area contributed by atoms with E-state index in [4.69, 9.17) is 11.6 Å². The lowest BCUT2D eigenvalue weighted by Gasteiger charge is -2.12. The molecule has 0 radical (unpaired) electrons. The third-order valence-corrected chi connectivity index (χ3v) is 3.07. The Morgan fingerprint density at radius 2 is 2.07 bits per heavy atom. The van der Waals surface area contributed by atoms with Crippen molar-refractivity contribution in [3.8, 4) is 0 Å². The fourth-order valence-corrected chi connectivity index (χ4v) is 1.41. The summed E-state index contributed by atoms with van der Waals surface area (Å²) in [6.07, 6.45) is 0. The highest BCUT2D eigenvalue weighted by Gasteiger charge is 2.13. The van der Waals surface area contributed by atoms with E-state index in [0.717, 1.165) is 4.31 Å². The number of rotatable bonds is 3. The summed E-state index contributed by atoms with van der Waals surface area (Å²) in [5, 5.41) is 0.240. The van der Waals surface area contributed by atoms with Crippen LogP contribution >= 0.6 is 11.6 Å². The number of nitrogens with zero attached hydrogens (tertiary/aromatic N) is 2. The molecule has 1 N–H and O–H groups in total. The summed E-state index contributed by atoms with van der Waals surface area (Å²) in [6.45, 7) is 0. The predicted octanol–water partition coefficient (Wildman–Crippen LogP) is 0.953. The molecule has 0 saturated heterocycles. The molecule has 0 unspecified atom stereocenters. The lowest BCUT2D eigenvalue weighted by molar-refractivity contribution is 0.526. The van der Waals surface area contributed by atoms with Crippen molar-refractivity contribution in [1.82, 2.24) is 9.29 Å². The van der Waals surface area contributed by atoms with Gasteiger partial charge in [-0.3, -0.25) is 4.72 Å². The van der Waals surface area contributed by atoms with Crippen LogP contribution in [-0.4, -0.2) is 31.8 Å². The van der Waals surface area contributed by atoms with Gasteiger partial charge < -0.3 is 0 Å². The van der Waals surface area contributed by atoms with Crippen LogP contribution in [0.5, 0.6) is 0 Å². The minimum atomic E-state index is -3.51. The van der Waals surface area contributed by atoms with E-state index in [1.165, 1.54) is 20.2 Å². The standard InChI is InChI=1S/C7H10ClN3O2S/c1-11(2)14(12,13)10-7-5-3-4-6(8)9-7/h3-5H,1-2H3,(H,9,10). The quantitative estimate of drug-likeness (QED) is 0.794. The van der Waals surface area contributed by atoms with E-state index in [0.29, 0.717) is 0 Å². The van der Waals surface area contributed by atoms with E-state index in [1.807, 2.05) is 0 Å². The van der Waals surface area contributed by atoms with Crippen molar-refractivity contribution in [2.45, 2.75) is 0 Å². The maximum atomic E-state index is 11.3. The molecule has 0 fully saturated rings. The van der Waals surface area contributed by atoms with Gasteiger partial charge in [-0.25, -0.2) is 4.98 Å². The van der Waals surface area contributed by atoms with Crippen LogP contribution in [0.2, 0.25) is 5.15 Å². The van der Waals surface area contributed by atoms with Crippen LogP contribution in [0.25, 0.3) is 0 Å². The maximum Gasteiger partial charge on any atom is 0.302 e. The summed E-state index contributed by atoms with van der Waals surface area (Å²) in [7, 11) is -0.659. The van der Waals surface area contributed by atoms with E-state index < -0.39 is 10.2 Å². The minimum Gasteiger partial charge on any atom is -0.254 e. The molecule has 7 heteroatoms. The van der Waals surface area contributed by atoms with E-state index in [-0.39, 0.29) is 11.0 Å². The van der Waals surface area contributed by atoms with Gasteiger partial charge in [-0.05, 0) is 12.1 Å². The van der Waals surface area contributed by atoms with Crippen molar-refractivity contribution in [2.75, 3.05) is 18.8 Å². The highest BCUT2D eigenvalue weighted by molar-refractivity contribution is 7.90. The molecule has 1 rings (SSSR count). The van der Waals surface area contributed by atoms with Gasteiger partial charge in [-0.1, -0.05) is 17.7 Å². The first-order valence-electron chi connectivity index (χ1n) is 3.74. The highest BCUT2D eigenvalue weighted by Crippen LogP contribution is 2.11. The van der Waals surface area contributed by atoms with Gasteiger partial charge >= 0.3 is 10.2 Å². The Kier molecular flexibility index (Phi) is 3.30.